The van der Waals surface area contributed by atoms with Gasteiger partial charge in [-0.15, -0.1) is 0 Å². The molecule has 1 N–H and O–H groups in total. The Balaban J connectivity index is 2.62. The molecule has 1 unspecified atom stereocenters. The van der Waals surface area contributed by atoms with E-state index in [-0.39, 0.29) is 12.6 Å². The maximum absolute atomic E-state index is 11.4. The fraction of sp³-hybridized carbons (Fsp3) is 0.462. The average molecular weight is 237 g/mol. The number of para-hydroxylation sites is 1. The third-order valence-corrected chi connectivity index (χ3v) is 2.59. The standard InChI is InChI=1S/C13H19NO3/c1-4-10-7-5-6-8-12(10)17-9-11(14-2)13(15)16-3/h5-8,11,14H,4,9H2,1-3H3. The lowest BCUT2D eigenvalue weighted by Crippen LogP contribution is -2.40. The van der Waals surface area contributed by atoms with E-state index in [1.165, 1.54) is 7.11 Å². The molecule has 0 saturated carbocycles. The van der Waals surface area contributed by atoms with Crippen LogP contribution in [0.1, 0.15) is 12.5 Å². The lowest BCUT2D eigenvalue weighted by atomic mass is 10.1. The molecule has 1 aromatic rings. The van der Waals surface area contributed by atoms with Gasteiger partial charge in [0.05, 0.1) is 7.11 Å². The van der Waals surface area contributed by atoms with Crippen LogP contribution < -0.4 is 10.1 Å². The van der Waals surface area contributed by atoms with E-state index in [9.17, 15) is 4.79 Å². The molecule has 0 aliphatic heterocycles. The van der Waals surface area contributed by atoms with Crippen LogP contribution in [0.4, 0.5) is 0 Å². The fourth-order valence-corrected chi connectivity index (χ4v) is 1.52. The van der Waals surface area contributed by atoms with Crippen molar-refractivity contribution in [3.8, 4) is 5.75 Å². The molecular formula is C13H19NO3. The molecule has 94 valence electrons. The predicted octanol–water partition coefficient (Wildman–Crippen LogP) is 1.39. The van der Waals surface area contributed by atoms with E-state index < -0.39 is 6.04 Å². The molecule has 1 atom stereocenters. The molecular weight excluding hydrogens is 218 g/mol. The van der Waals surface area contributed by atoms with Crippen molar-refractivity contribution in [3.63, 3.8) is 0 Å². The zero-order valence-corrected chi connectivity index (χ0v) is 10.5. The quantitative estimate of drug-likeness (QED) is 0.759. The highest BCUT2D eigenvalue weighted by Crippen LogP contribution is 2.18. The lowest BCUT2D eigenvalue weighted by molar-refractivity contribution is -0.143. The van der Waals surface area contributed by atoms with Crippen LogP contribution in [0, 0.1) is 0 Å². The van der Waals surface area contributed by atoms with Gasteiger partial charge in [-0.25, -0.2) is 0 Å². The minimum Gasteiger partial charge on any atom is -0.491 e. The molecule has 1 aromatic carbocycles. The first-order valence-electron chi connectivity index (χ1n) is 5.68. The van der Waals surface area contributed by atoms with Crippen molar-refractivity contribution < 1.29 is 14.3 Å². The maximum Gasteiger partial charge on any atom is 0.326 e. The van der Waals surface area contributed by atoms with Gasteiger partial charge < -0.3 is 14.8 Å². The van der Waals surface area contributed by atoms with Crippen LogP contribution in [0.25, 0.3) is 0 Å². The molecule has 0 saturated heterocycles. The number of methoxy groups -OCH3 is 1. The summed E-state index contributed by atoms with van der Waals surface area (Å²) >= 11 is 0. The molecule has 4 heteroatoms. The first-order valence-corrected chi connectivity index (χ1v) is 5.68. The number of ether oxygens (including phenoxy) is 2. The van der Waals surface area contributed by atoms with Crippen LogP contribution in [0.2, 0.25) is 0 Å². The second kappa shape index (κ2) is 6.91. The Morgan fingerprint density at radius 3 is 2.71 bits per heavy atom. The van der Waals surface area contributed by atoms with E-state index in [2.05, 4.69) is 17.0 Å². The number of aryl methyl sites for hydroxylation is 1. The largest absolute Gasteiger partial charge is 0.491 e. The number of likely N-dealkylation sites (N-methyl/N-ethyl adjacent to an activating group) is 1. The van der Waals surface area contributed by atoms with Gasteiger partial charge in [-0.3, -0.25) is 4.79 Å². The molecule has 4 nitrogen and oxygen atoms in total. The minimum absolute atomic E-state index is 0.264. The van der Waals surface area contributed by atoms with Gasteiger partial charge in [0.15, 0.2) is 0 Å². The van der Waals surface area contributed by atoms with E-state index in [4.69, 9.17) is 4.74 Å². The number of rotatable bonds is 6. The van der Waals surface area contributed by atoms with Gasteiger partial charge in [0, 0.05) is 0 Å². The monoisotopic (exact) mass is 237 g/mol. The average Bonchev–Trinajstić information content (AvgIpc) is 2.39. The lowest BCUT2D eigenvalue weighted by Gasteiger charge is -2.16. The van der Waals surface area contributed by atoms with Gasteiger partial charge in [0.25, 0.3) is 0 Å². The summed E-state index contributed by atoms with van der Waals surface area (Å²) in [6, 6.07) is 7.37. The summed E-state index contributed by atoms with van der Waals surface area (Å²) in [7, 11) is 3.07. The molecule has 0 aromatic heterocycles. The van der Waals surface area contributed by atoms with Crippen LogP contribution in [-0.2, 0) is 16.0 Å². The number of carbonyl (C=O) groups is 1. The second-order valence-electron chi connectivity index (χ2n) is 3.64. The van der Waals surface area contributed by atoms with Crippen LogP contribution >= 0.6 is 0 Å². The van der Waals surface area contributed by atoms with Gasteiger partial charge >= 0.3 is 5.97 Å². The number of nitrogens with one attached hydrogen (secondary N) is 1. The molecule has 1 rings (SSSR count). The van der Waals surface area contributed by atoms with Crippen molar-refractivity contribution in [2.24, 2.45) is 0 Å². The summed E-state index contributed by atoms with van der Waals surface area (Å²) in [5.41, 5.74) is 1.13. The van der Waals surface area contributed by atoms with Crippen molar-refractivity contribution in [2.75, 3.05) is 20.8 Å². The van der Waals surface area contributed by atoms with Crippen molar-refractivity contribution in [2.45, 2.75) is 19.4 Å². The highest BCUT2D eigenvalue weighted by atomic mass is 16.5. The number of hydrogen-bond acceptors (Lipinski definition) is 4. The van der Waals surface area contributed by atoms with Crippen molar-refractivity contribution in [1.82, 2.24) is 5.32 Å². The van der Waals surface area contributed by atoms with Crippen molar-refractivity contribution in [1.29, 1.82) is 0 Å². The Morgan fingerprint density at radius 2 is 2.12 bits per heavy atom. The van der Waals surface area contributed by atoms with Gasteiger partial charge in [-0.05, 0) is 25.1 Å². The second-order valence-corrected chi connectivity index (χ2v) is 3.64. The summed E-state index contributed by atoms with van der Waals surface area (Å²) in [6.45, 7) is 2.33. The van der Waals surface area contributed by atoms with E-state index in [0.29, 0.717) is 0 Å². The first kappa shape index (κ1) is 13.5. The fourth-order valence-electron chi connectivity index (χ4n) is 1.52. The number of benzene rings is 1. The minimum atomic E-state index is -0.440. The van der Waals surface area contributed by atoms with E-state index >= 15 is 0 Å². The zero-order valence-electron chi connectivity index (χ0n) is 10.5. The molecule has 0 bridgehead atoms. The van der Waals surface area contributed by atoms with Crippen LogP contribution in [0.5, 0.6) is 5.75 Å². The maximum atomic E-state index is 11.4. The van der Waals surface area contributed by atoms with Crippen molar-refractivity contribution >= 4 is 5.97 Å². The zero-order chi connectivity index (χ0) is 12.7. The SMILES string of the molecule is CCc1ccccc1OCC(NC)C(=O)OC. The van der Waals surface area contributed by atoms with Gasteiger partial charge in [0.1, 0.15) is 18.4 Å². The molecule has 17 heavy (non-hydrogen) atoms. The summed E-state index contributed by atoms with van der Waals surface area (Å²) in [5, 5.41) is 2.86. The summed E-state index contributed by atoms with van der Waals surface area (Å²) in [4.78, 5) is 11.4. The number of esters is 1. The van der Waals surface area contributed by atoms with Gasteiger partial charge in [0.2, 0.25) is 0 Å². The van der Waals surface area contributed by atoms with E-state index in [1.54, 1.807) is 7.05 Å². The highest BCUT2D eigenvalue weighted by Gasteiger charge is 2.17. The smallest absolute Gasteiger partial charge is 0.326 e. The number of hydrogen-bond donors (Lipinski definition) is 1. The Kier molecular flexibility index (Phi) is 5.49. The Morgan fingerprint density at radius 1 is 1.41 bits per heavy atom. The van der Waals surface area contributed by atoms with E-state index in [1.807, 2.05) is 24.3 Å². The highest BCUT2D eigenvalue weighted by molar-refractivity contribution is 5.75. The Labute approximate surface area is 102 Å². The molecule has 0 aliphatic rings. The molecule has 0 heterocycles. The summed E-state index contributed by atoms with van der Waals surface area (Å²) in [6.07, 6.45) is 0.901. The van der Waals surface area contributed by atoms with Gasteiger partial charge in [-0.1, -0.05) is 25.1 Å². The molecule has 0 radical (unpaired) electrons. The third-order valence-electron chi connectivity index (χ3n) is 2.59. The molecule has 0 amide bonds. The predicted molar refractivity (Wildman–Crippen MR) is 66.2 cm³/mol. The Hall–Kier alpha value is -1.55. The summed E-state index contributed by atoms with van der Waals surface area (Å²) < 4.78 is 10.3. The van der Waals surface area contributed by atoms with Crippen LogP contribution in [0.3, 0.4) is 0 Å². The third kappa shape index (κ3) is 3.75. The van der Waals surface area contributed by atoms with Crippen molar-refractivity contribution in [3.05, 3.63) is 29.8 Å². The molecule has 0 aliphatic carbocycles. The summed E-state index contributed by atoms with van der Waals surface area (Å²) in [5.74, 6) is 0.501. The topological polar surface area (TPSA) is 47.6 Å². The van der Waals surface area contributed by atoms with Gasteiger partial charge in [-0.2, -0.15) is 0 Å². The normalized spacial score (nSPS) is 11.9. The molecule has 0 spiro atoms. The van der Waals surface area contributed by atoms with E-state index in [0.717, 1.165) is 17.7 Å². The Bertz CT molecular complexity index is 365. The molecule has 0 fully saturated rings. The number of carbonyl (C=O) groups excluding carboxylic acids is 1. The van der Waals surface area contributed by atoms with Crippen LogP contribution in [-0.4, -0.2) is 32.8 Å². The van der Waals surface area contributed by atoms with Crippen LogP contribution in [0.15, 0.2) is 24.3 Å². The first-order chi connectivity index (χ1) is 8.22.